The van der Waals surface area contributed by atoms with Gasteiger partial charge in [-0.1, -0.05) is 74.0 Å². The van der Waals surface area contributed by atoms with E-state index < -0.39 is 0 Å². The molecule has 0 aromatic heterocycles. The molecule has 3 aromatic rings. The van der Waals surface area contributed by atoms with E-state index in [9.17, 15) is 14.4 Å². The van der Waals surface area contributed by atoms with E-state index in [4.69, 9.17) is 0 Å². The summed E-state index contributed by atoms with van der Waals surface area (Å²) in [4.78, 5) is 43.8. The molecular formula is C29H31N3O3. The molecule has 0 atom stereocenters. The minimum Gasteiger partial charge on any atom is -0.329 e. The molecule has 35 heavy (non-hydrogen) atoms. The van der Waals surface area contributed by atoms with Crippen molar-refractivity contribution in [1.29, 1.82) is 0 Å². The first-order valence-electron chi connectivity index (χ1n) is 11.9. The molecule has 4 rings (SSSR count). The predicted octanol–water partition coefficient (Wildman–Crippen LogP) is 4.59. The lowest BCUT2D eigenvalue weighted by Gasteiger charge is -2.26. The second-order valence-corrected chi connectivity index (χ2v) is 9.41. The first kappa shape index (κ1) is 24.2. The van der Waals surface area contributed by atoms with E-state index in [2.05, 4.69) is 0 Å². The van der Waals surface area contributed by atoms with Crippen molar-refractivity contribution in [1.82, 2.24) is 9.80 Å². The Hall–Kier alpha value is -3.93. The number of aryl methyl sites for hydroxylation is 1. The molecular weight excluding hydrogens is 438 g/mol. The van der Waals surface area contributed by atoms with Gasteiger partial charge in [0.2, 0.25) is 11.8 Å². The summed E-state index contributed by atoms with van der Waals surface area (Å²) in [7, 11) is 0. The zero-order valence-corrected chi connectivity index (χ0v) is 20.5. The van der Waals surface area contributed by atoms with Crippen LogP contribution in [-0.2, 0) is 9.59 Å². The van der Waals surface area contributed by atoms with Crippen LogP contribution in [0, 0.1) is 12.8 Å². The Bertz CT molecular complexity index is 1190. The van der Waals surface area contributed by atoms with Crippen LogP contribution >= 0.6 is 0 Å². The number of nitrogens with zero attached hydrogens (tertiary/aromatic N) is 3. The molecule has 1 aliphatic heterocycles. The maximum absolute atomic E-state index is 13.3. The largest absolute Gasteiger partial charge is 0.329 e. The van der Waals surface area contributed by atoms with Gasteiger partial charge in [0.25, 0.3) is 5.91 Å². The minimum absolute atomic E-state index is 0.0161. The van der Waals surface area contributed by atoms with Gasteiger partial charge in [0.05, 0.1) is 0 Å². The van der Waals surface area contributed by atoms with E-state index in [1.54, 1.807) is 21.9 Å². The zero-order chi connectivity index (χ0) is 24.9. The minimum atomic E-state index is -0.233. The lowest BCUT2D eigenvalue weighted by molar-refractivity contribution is -0.132. The lowest BCUT2D eigenvalue weighted by Crippen LogP contribution is -2.44. The van der Waals surface area contributed by atoms with Gasteiger partial charge in [0.15, 0.2) is 0 Å². The Morgan fingerprint density at radius 3 is 2.14 bits per heavy atom. The van der Waals surface area contributed by atoms with E-state index in [-0.39, 0.29) is 43.4 Å². The molecule has 3 aromatic carbocycles. The van der Waals surface area contributed by atoms with Crippen LogP contribution in [0.4, 0.5) is 5.69 Å². The summed E-state index contributed by atoms with van der Waals surface area (Å²) < 4.78 is 0. The number of hydrogen-bond acceptors (Lipinski definition) is 3. The number of carbonyl (C=O) groups is 3. The third-order valence-electron chi connectivity index (χ3n) is 6.08. The smallest absolute Gasteiger partial charge is 0.254 e. The second kappa shape index (κ2) is 10.6. The van der Waals surface area contributed by atoms with Crippen LogP contribution in [0.25, 0.3) is 11.1 Å². The topological polar surface area (TPSA) is 60.9 Å². The van der Waals surface area contributed by atoms with E-state index in [0.717, 1.165) is 22.4 Å². The molecule has 1 aliphatic rings. The lowest BCUT2D eigenvalue weighted by atomic mass is 10.0. The molecule has 0 spiro atoms. The van der Waals surface area contributed by atoms with Crippen LogP contribution in [0.15, 0.2) is 78.9 Å². The van der Waals surface area contributed by atoms with Crippen LogP contribution in [0.3, 0.4) is 0 Å². The van der Waals surface area contributed by atoms with E-state index in [1.807, 2.05) is 87.5 Å². The molecule has 0 saturated carbocycles. The van der Waals surface area contributed by atoms with Crippen LogP contribution in [0.1, 0.15) is 29.8 Å². The van der Waals surface area contributed by atoms with Gasteiger partial charge < -0.3 is 9.80 Å². The normalized spacial score (nSPS) is 13.4. The van der Waals surface area contributed by atoms with Gasteiger partial charge in [-0.2, -0.15) is 0 Å². The Kier molecular flexibility index (Phi) is 7.30. The number of rotatable bonds is 7. The highest BCUT2D eigenvalue weighted by Crippen LogP contribution is 2.22. The third kappa shape index (κ3) is 5.77. The van der Waals surface area contributed by atoms with Gasteiger partial charge in [-0.3, -0.25) is 19.3 Å². The van der Waals surface area contributed by atoms with Gasteiger partial charge in [0, 0.05) is 17.8 Å². The van der Waals surface area contributed by atoms with Crippen molar-refractivity contribution in [2.45, 2.75) is 20.8 Å². The van der Waals surface area contributed by atoms with Gasteiger partial charge >= 0.3 is 0 Å². The quantitative estimate of drug-likeness (QED) is 0.508. The van der Waals surface area contributed by atoms with Crippen molar-refractivity contribution in [2.75, 3.05) is 31.2 Å². The molecule has 0 bridgehead atoms. The number of hydrogen-bond donors (Lipinski definition) is 0. The number of carbonyl (C=O) groups excluding carboxylic acids is 3. The van der Waals surface area contributed by atoms with Gasteiger partial charge in [-0.05, 0) is 48.2 Å². The zero-order valence-electron chi connectivity index (χ0n) is 20.5. The average Bonchev–Trinajstić information content (AvgIpc) is 3.25. The van der Waals surface area contributed by atoms with Gasteiger partial charge in [-0.15, -0.1) is 0 Å². The Morgan fingerprint density at radius 2 is 1.51 bits per heavy atom. The maximum atomic E-state index is 13.3. The van der Waals surface area contributed by atoms with Crippen LogP contribution < -0.4 is 4.90 Å². The van der Waals surface area contributed by atoms with Crippen molar-refractivity contribution in [3.05, 3.63) is 90.0 Å². The SMILES string of the molecule is Cc1ccc(N2CN(C(=O)CN(CC(C)C)C(=O)c3ccc(-c4ccccc4)cc3)CC2=O)cc1. The fraction of sp³-hybridized carbons (Fsp3) is 0.276. The number of benzene rings is 3. The highest BCUT2D eigenvalue weighted by Gasteiger charge is 2.33. The van der Waals surface area contributed by atoms with E-state index >= 15 is 0 Å². The molecule has 1 saturated heterocycles. The average molecular weight is 470 g/mol. The predicted molar refractivity (Wildman–Crippen MR) is 138 cm³/mol. The molecule has 3 amide bonds. The van der Waals surface area contributed by atoms with Gasteiger partial charge in [0.1, 0.15) is 19.8 Å². The summed E-state index contributed by atoms with van der Waals surface area (Å²) in [6, 6.07) is 25.1. The summed E-state index contributed by atoms with van der Waals surface area (Å²) in [5.41, 5.74) is 4.52. The summed E-state index contributed by atoms with van der Waals surface area (Å²) in [6.07, 6.45) is 0. The standard InChI is InChI=1S/C29H31N3O3/c1-21(2)17-30(29(35)25-13-11-24(12-14-25)23-7-5-4-6-8-23)18-27(33)31-19-28(34)32(20-31)26-15-9-22(3)10-16-26/h4-16,21H,17-20H2,1-3H3. The summed E-state index contributed by atoms with van der Waals surface area (Å²) in [5, 5.41) is 0. The molecule has 0 aliphatic carbocycles. The summed E-state index contributed by atoms with van der Waals surface area (Å²) >= 11 is 0. The van der Waals surface area contributed by atoms with E-state index in [1.165, 1.54) is 4.90 Å². The first-order chi connectivity index (χ1) is 16.8. The summed E-state index contributed by atoms with van der Waals surface area (Å²) in [6.45, 7) is 6.61. The first-order valence-corrected chi connectivity index (χ1v) is 11.9. The van der Waals surface area contributed by atoms with Crippen molar-refractivity contribution < 1.29 is 14.4 Å². The number of amides is 3. The molecule has 180 valence electrons. The molecule has 1 fully saturated rings. The monoisotopic (exact) mass is 469 g/mol. The van der Waals surface area contributed by atoms with Crippen LogP contribution in [0.2, 0.25) is 0 Å². The van der Waals surface area contributed by atoms with E-state index in [0.29, 0.717) is 12.1 Å². The molecule has 0 N–H and O–H groups in total. The molecule has 0 unspecified atom stereocenters. The molecule has 6 heteroatoms. The third-order valence-corrected chi connectivity index (χ3v) is 6.08. The highest BCUT2D eigenvalue weighted by molar-refractivity contribution is 6.01. The summed E-state index contributed by atoms with van der Waals surface area (Å²) in [5.74, 6) is -0.351. The van der Waals surface area contributed by atoms with Crippen molar-refractivity contribution >= 4 is 23.4 Å². The fourth-order valence-corrected chi connectivity index (χ4v) is 4.21. The van der Waals surface area contributed by atoms with Crippen molar-refractivity contribution in [2.24, 2.45) is 5.92 Å². The van der Waals surface area contributed by atoms with Crippen molar-refractivity contribution in [3.8, 4) is 11.1 Å². The highest BCUT2D eigenvalue weighted by atomic mass is 16.2. The fourth-order valence-electron chi connectivity index (χ4n) is 4.21. The molecule has 1 heterocycles. The Morgan fingerprint density at radius 1 is 0.886 bits per heavy atom. The number of anilines is 1. The van der Waals surface area contributed by atoms with Crippen LogP contribution in [-0.4, -0.2) is 53.8 Å². The molecule has 0 radical (unpaired) electrons. The Balaban J connectivity index is 1.45. The maximum Gasteiger partial charge on any atom is 0.254 e. The molecule has 6 nitrogen and oxygen atoms in total. The van der Waals surface area contributed by atoms with Crippen molar-refractivity contribution in [3.63, 3.8) is 0 Å². The van der Waals surface area contributed by atoms with Gasteiger partial charge in [-0.25, -0.2) is 0 Å². The van der Waals surface area contributed by atoms with Crippen LogP contribution in [0.5, 0.6) is 0 Å². The Labute approximate surface area is 206 Å². The second-order valence-electron chi connectivity index (χ2n) is 9.41.